The van der Waals surface area contributed by atoms with Gasteiger partial charge in [-0.1, -0.05) is 49.0 Å². The average molecular weight is 449 g/mol. The molecule has 2 heterocycles. The van der Waals surface area contributed by atoms with Crippen molar-refractivity contribution in [3.8, 4) is 11.4 Å². The van der Waals surface area contributed by atoms with Gasteiger partial charge in [0.25, 0.3) is 5.56 Å². The third kappa shape index (κ3) is 3.90. The first-order valence-corrected chi connectivity index (χ1v) is 12.3. The van der Waals surface area contributed by atoms with Crippen LogP contribution in [0.3, 0.4) is 0 Å². The van der Waals surface area contributed by atoms with Crippen LogP contribution in [0, 0.1) is 5.92 Å². The molecule has 4 aromatic rings. The molecule has 0 radical (unpaired) electrons. The molecular formula is C25H24N2O2S2. The molecule has 0 bridgehead atoms. The topological polar surface area (TPSA) is 44.1 Å². The summed E-state index contributed by atoms with van der Waals surface area (Å²) < 4.78 is 7.08. The van der Waals surface area contributed by atoms with E-state index >= 15 is 0 Å². The number of rotatable bonds is 5. The van der Waals surface area contributed by atoms with E-state index in [1.54, 1.807) is 34.8 Å². The Kier molecular flexibility index (Phi) is 5.59. The van der Waals surface area contributed by atoms with Crippen LogP contribution in [0.1, 0.15) is 29.3 Å². The lowest BCUT2D eigenvalue weighted by Gasteiger charge is -2.18. The number of thiophene rings is 1. The summed E-state index contributed by atoms with van der Waals surface area (Å²) in [7, 11) is 1.65. The van der Waals surface area contributed by atoms with Crippen molar-refractivity contribution in [3.63, 3.8) is 0 Å². The van der Waals surface area contributed by atoms with Gasteiger partial charge in [0, 0.05) is 10.6 Å². The Morgan fingerprint density at radius 1 is 1.16 bits per heavy atom. The summed E-state index contributed by atoms with van der Waals surface area (Å²) in [4.78, 5) is 21.0. The average Bonchev–Trinajstić information content (AvgIpc) is 3.16. The minimum absolute atomic E-state index is 0.0396. The number of nitrogens with zero attached hydrogens (tertiary/aromatic N) is 2. The minimum Gasteiger partial charge on any atom is -0.497 e. The second kappa shape index (κ2) is 8.52. The molecular weight excluding hydrogens is 424 g/mol. The summed E-state index contributed by atoms with van der Waals surface area (Å²) >= 11 is 3.31. The fourth-order valence-electron chi connectivity index (χ4n) is 4.15. The number of fused-ring (bicyclic) bond motifs is 3. The van der Waals surface area contributed by atoms with Gasteiger partial charge in [-0.15, -0.1) is 11.3 Å². The van der Waals surface area contributed by atoms with E-state index in [0.29, 0.717) is 5.92 Å². The van der Waals surface area contributed by atoms with Crippen LogP contribution in [0.15, 0.2) is 64.5 Å². The molecule has 0 fully saturated rings. The third-order valence-electron chi connectivity index (χ3n) is 5.84. The number of aryl methyl sites for hydroxylation is 1. The molecule has 0 saturated heterocycles. The molecule has 0 saturated carbocycles. The normalized spacial score (nSPS) is 15.7. The highest BCUT2D eigenvalue weighted by atomic mass is 32.2. The van der Waals surface area contributed by atoms with Gasteiger partial charge in [0.05, 0.1) is 18.2 Å². The van der Waals surface area contributed by atoms with Crippen molar-refractivity contribution in [2.45, 2.75) is 37.1 Å². The number of methoxy groups -OCH3 is 1. The Balaban J connectivity index is 1.66. The molecule has 2 aromatic heterocycles. The number of hydrogen-bond donors (Lipinski definition) is 0. The van der Waals surface area contributed by atoms with Crippen LogP contribution >= 0.6 is 23.1 Å². The monoisotopic (exact) mass is 448 g/mol. The second-order valence-electron chi connectivity index (χ2n) is 8.04. The van der Waals surface area contributed by atoms with Crippen LogP contribution in [0.25, 0.3) is 15.9 Å². The maximum Gasteiger partial charge on any atom is 0.267 e. The smallest absolute Gasteiger partial charge is 0.267 e. The molecule has 0 N–H and O–H groups in total. The molecule has 0 aliphatic heterocycles. The fraction of sp³-hybridized carbons (Fsp3) is 0.280. The number of hydrogen-bond acceptors (Lipinski definition) is 5. The fourth-order valence-corrected chi connectivity index (χ4v) is 6.54. The molecule has 5 rings (SSSR count). The van der Waals surface area contributed by atoms with Crippen molar-refractivity contribution in [3.05, 3.63) is 81.0 Å². The predicted molar refractivity (Wildman–Crippen MR) is 129 cm³/mol. The SMILES string of the molecule is COc1ccc(-n2c(SCc3ccccc3)nc3sc4c(c3c2=O)CCC(C)C4)cc1. The lowest BCUT2D eigenvalue weighted by Crippen LogP contribution is -2.22. The van der Waals surface area contributed by atoms with Crippen LogP contribution in [0.5, 0.6) is 5.75 Å². The Labute approximate surface area is 189 Å². The Bertz CT molecular complexity index is 1280. The number of aromatic nitrogens is 2. The standard InChI is InChI=1S/C25H24N2O2S2/c1-16-8-13-20-21(14-16)31-23-22(20)24(28)27(18-9-11-19(29-2)12-10-18)25(26-23)30-15-17-6-4-3-5-7-17/h3-7,9-12,16H,8,13-15H2,1-2H3. The molecule has 1 aliphatic carbocycles. The lowest BCUT2D eigenvalue weighted by atomic mass is 9.89. The molecule has 6 heteroatoms. The molecule has 31 heavy (non-hydrogen) atoms. The highest BCUT2D eigenvalue weighted by Gasteiger charge is 2.25. The van der Waals surface area contributed by atoms with Crippen molar-refractivity contribution in [1.82, 2.24) is 9.55 Å². The van der Waals surface area contributed by atoms with E-state index in [2.05, 4.69) is 19.1 Å². The molecule has 0 spiro atoms. The van der Waals surface area contributed by atoms with E-state index in [1.165, 1.54) is 16.0 Å². The quantitative estimate of drug-likeness (QED) is 0.283. The molecule has 1 unspecified atom stereocenters. The molecule has 2 aromatic carbocycles. The first kappa shape index (κ1) is 20.3. The van der Waals surface area contributed by atoms with Crippen LogP contribution in [0.4, 0.5) is 0 Å². The zero-order chi connectivity index (χ0) is 21.4. The largest absolute Gasteiger partial charge is 0.497 e. The highest BCUT2D eigenvalue weighted by Crippen LogP contribution is 2.37. The van der Waals surface area contributed by atoms with E-state index < -0.39 is 0 Å². The molecule has 0 amide bonds. The van der Waals surface area contributed by atoms with Gasteiger partial charge in [0.1, 0.15) is 10.6 Å². The van der Waals surface area contributed by atoms with Crippen molar-refractivity contribution in [2.75, 3.05) is 7.11 Å². The zero-order valence-electron chi connectivity index (χ0n) is 17.6. The molecule has 158 valence electrons. The maximum absolute atomic E-state index is 13.8. The number of ether oxygens (including phenoxy) is 1. The van der Waals surface area contributed by atoms with Crippen LogP contribution < -0.4 is 10.3 Å². The van der Waals surface area contributed by atoms with E-state index in [0.717, 1.165) is 51.8 Å². The number of thioether (sulfide) groups is 1. The van der Waals surface area contributed by atoms with E-state index in [9.17, 15) is 4.79 Å². The van der Waals surface area contributed by atoms with Gasteiger partial charge in [-0.05, 0) is 60.6 Å². The molecule has 4 nitrogen and oxygen atoms in total. The van der Waals surface area contributed by atoms with Gasteiger partial charge in [0.15, 0.2) is 5.16 Å². The summed E-state index contributed by atoms with van der Waals surface area (Å²) in [6.45, 7) is 2.29. The van der Waals surface area contributed by atoms with Crippen LogP contribution in [-0.2, 0) is 18.6 Å². The summed E-state index contributed by atoms with van der Waals surface area (Å²) in [5, 5.41) is 1.55. The van der Waals surface area contributed by atoms with Gasteiger partial charge in [-0.2, -0.15) is 0 Å². The van der Waals surface area contributed by atoms with E-state index in [-0.39, 0.29) is 5.56 Å². The van der Waals surface area contributed by atoms with Crippen molar-refractivity contribution in [2.24, 2.45) is 5.92 Å². The Morgan fingerprint density at radius 2 is 1.94 bits per heavy atom. The van der Waals surface area contributed by atoms with E-state index in [1.807, 2.05) is 42.5 Å². The van der Waals surface area contributed by atoms with Gasteiger partial charge in [-0.3, -0.25) is 9.36 Å². The lowest BCUT2D eigenvalue weighted by molar-refractivity contribution is 0.414. The predicted octanol–water partition coefficient (Wildman–Crippen LogP) is 5.87. The van der Waals surface area contributed by atoms with Gasteiger partial charge >= 0.3 is 0 Å². The van der Waals surface area contributed by atoms with Crippen LogP contribution in [0.2, 0.25) is 0 Å². The van der Waals surface area contributed by atoms with Crippen LogP contribution in [-0.4, -0.2) is 16.7 Å². The van der Waals surface area contributed by atoms with Gasteiger partial charge in [-0.25, -0.2) is 4.98 Å². The van der Waals surface area contributed by atoms with Crippen molar-refractivity contribution >= 4 is 33.3 Å². The Hall–Kier alpha value is -2.57. The summed E-state index contributed by atoms with van der Waals surface area (Å²) in [6, 6.07) is 17.9. The second-order valence-corrected chi connectivity index (χ2v) is 10.1. The van der Waals surface area contributed by atoms with E-state index in [4.69, 9.17) is 9.72 Å². The molecule has 1 aliphatic rings. The first-order valence-electron chi connectivity index (χ1n) is 10.5. The van der Waals surface area contributed by atoms with Gasteiger partial charge < -0.3 is 4.74 Å². The number of benzene rings is 2. The van der Waals surface area contributed by atoms with Crippen molar-refractivity contribution < 1.29 is 4.74 Å². The minimum atomic E-state index is 0.0396. The first-order chi connectivity index (χ1) is 15.1. The summed E-state index contributed by atoms with van der Waals surface area (Å²) in [5.41, 5.74) is 3.29. The Morgan fingerprint density at radius 3 is 2.68 bits per heavy atom. The summed E-state index contributed by atoms with van der Waals surface area (Å²) in [5.74, 6) is 2.19. The summed E-state index contributed by atoms with van der Waals surface area (Å²) in [6.07, 6.45) is 3.14. The zero-order valence-corrected chi connectivity index (χ0v) is 19.3. The third-order valence-corrected chi connectivity index (χ3v) is 8.00. The maximum atomic E-state index is 13.8. The van der Waals surface area contributed by atoms with Crippen molar-refractivity contribution in [1.29, 1.82) is 0 Å². The molecule has 1 atom stereocenters. The van der Waals surface area contributed by atoms with Gasteiger partial charge in [0.2, 0.25) is 0 Å². The highest BCUT2D eigenvalue weighted by molar-refractivity contribution is 7.98.